The summed E-state index contributed by atoms with van der Waals surface area (Å²) in [7, 11) is 0. The van der Waals surface area contributed by atoms with Crippen molar-refractivity contribution in [3.8, 4) is 0 Å². The Labute approximate surface area is 125 Å². The molecular weight excluding hydrogens is 324 g/mol. The van der Waals surface area contributed by atoms with Gasteiger partial charge < -0.3 is 15.1 Å². The molecule has 0 radical (unpaired) electrons. The fraction of sp³-hybridized carbons (Fsp3) is 0.429. The first-order valence-corrected chi connectivity index (χ1v) is 7.30. The highest BCUT2D eigenvalue weighted by Crippen LogP contribution is 2.22. The van der Waals surface area contributed by atoms with Gasteiger partial charge in [0.25, 0.3) is 0 Å². The number of carbonyl (C=O) groups is 2. The van der Waals surface area contributed by atoms with E-state index >= 15 is 0 Å². The van der Waals surface area contributed by atoms with Gasteiger partial charge in [-0.3, -0.25) is 9.59 Å². The van der Waals surface area contributed by atoms with Crippen molar-refractivity contribution in [3.05, 3.63) is 28.6 Å². The van der Waals surface area contributed by atoms with Crippen molar-refractivity contribution >= 4 is 33.8 Å². The zero-order valence-corrected chi connectivity index (χ0v) is 12.8. The molecule has 1 aliphatic rings. The molecule has 0 aromatic carbocycles. The third-order valence-electron chi connectivity index (χ3n) is 3.55. The largest absolute Gasteiger partial charge is 0.450 e. The number of halogens is 1. The minimum Gasteiger partial charge on any atom is -0.450 e. The first kappa shape index (κ1) is 14.8. The van der Waals surface area contributed by atoms with Crippen LogP contribution in [0.25, 0.3) is 6.08 Å². The number of nitrogens with zero attached hydrogens (tertiary/aromatic N) is 1. The molecule has 5 nitrogen and oxygen atoms in total. The molecule has 0 unspecified atom stereocenters. The first-order chi connectivity index (χ1) is 9.47. The van der Waals surface area contributed by atoms with Gasteiger partial charge in [-0.1, -0.05) is 0 Å². The number of piperidine rings is 1. The van der Waals surface area contributed by atoms with Crippen molar-refractivity contribution in [2.75, 3.05) is 6.54 Å². The molecule has 2 amide bonds. The molecule has 2 rings (SSSR count). The van der Waals surface area contributed by atoms with Crippen molar-refractivity contribution < 1.29 is 14.0 Å². The van der Waals surface area contributed by atoms with Gasteiger partial charge in [0.1, 0.15) is 5.76 Å². The van der Waals surface area contributed by atoms with E-state index in [1.54, 1.807) is 23.1 Å². The summed E-state index contributed by atoms with van der Waals surface area (Å²) in [6.07, 6.45) is 4.62. The highest BCUT2D eigenvalue weighted by Gasteiger charge is 2.30. The minimum atomic E-state index is -0.339. The summed E-state index contributed by atoms with van der Waals surface area (Å²) >= 11 is 3.20. The second-order valence-corrected chi connectivity index (χ2v) is 5.77. The first-order valence-electron chi connectivity index (χ1n) is 6.50. The summed E-state index contributed by atoms with van der Waals surface area (Å²) in [5.41, 5.74) is 5.33. The number of nitrogens with two attached hydrogens (primary N) is 1. The van der Waals surface area contributed by atoms with E-state index in [9.17, 15) is 9.59 Å². The normalized spacial score (nSPS) is 23.2. The molecule has 108 valence electrons. The van der Waals surface area contributed by atoms with Gasteiger partial charge in [0.15, 0.2) is 4.67 Å². The van der Waals surface area contributed by atoms with Gasteiger partial charge in [0.05, 0.1) is 5.92 Å². The van der Waals surface area contributed by atoms with E-state index in [4.69, 9.17) is 10.2 Å². The molecule has 2 N–H and O–H groups in total. The summed E-state index contributed by atoms with van der Waals surface area (Å²) in [6, 6.07) is 3.64. The van der Waals surface area contributed by atoms with E-state index in [1.165, 1.54) is 6.08 Å². The van der Waals surface area contributed by atoms with Crippen LogP contribution in [-0.2, 0) is 9.59 Å². The summed E-state index contributed by atoms with van der Waals surface area (Å²) in [5.74, 6) is -0.118. The predicted molar refractivity (Wildman–Crippen MR) is 78.5 cm³/mol. The van der Waals surface area contributed by atoms with E-state index in [2.05, 4.69) is 15.9 Å². The standard InChI is InChI=1S/C14H17BrN2O3/c1-9-2-3-10(14(16)19)8-17(9)13(18)7-5-11-4-6-12(15)20-11/h4-7,9-10H,2-3,8H2,1H3,(H2,16,19)/b7-5+/t9-,10-/m1/s1. The molecule has 2 heterocycles. The molecule has 6 heteroatoms. The summed E-state index contributed by atoms with van der Waals surface area (Å²) in [5, 5.41) is 0. The Balaban J connectivity index is 2.03. The van der Waals surface area contributed by atoms with Crippen molar-refractivity contribution in [3.63, 3.8) is 0 Å². The van der Waals surface area contributed by atoms with Gasteiger partial charge in [-0.05, 0) is 53.9 Å². The van der Waals surface area contributed by atoms with Gasteiger partial charge in [0.2, 0.25) is 11.8 Å². The van der Waals surface area contributed by atoms with Crippen LogP contribution in [0.5, 0.6) is 0 Å². The maximum absolute atomic E-state index is 12.2. The average Bonchev–Trinajstić information content (AvgIpc) is 2.82. The Morgan fingerprint density at radius 1 is 1.45 bits per heavy atom. The van der Waals surface area contributed by atoms with Gasteiger partial charge in [-0.2, -0.15) is 0 Å². The van der Waals surface area contributed by atoms with Crippen molar-refractivity contribution in [2.45, 2.75) is 25.8 Å². The number of primary amides is 1. The Hall–Kier alpha value is -1.56. The van der Waals surface area contributed by atoms with Crippen LogP contribution in [0.15, 0.2) is 27.3 Å². The fourth-order valence-electron chi connectivity index (χ4n) is 2.31. The van der Waals surface area contributed by atoms with Crippen LogP contribution in [0.2, 0.25) is 0 Å². The lowest BCUT2D eigenvalue weighted by molar-refractivity contribution is -0.133. The summed E-state index contributed by atoms with van der Waals surface area (Å²) in [4.78, 5) is 25.1. The fourth-order valence-corrected chi connectivity index (χ4v) is 2.63. The van der Waals surface area contributed by atoms with Crippen molar-refractivity contribution in [1.82, 2.24) is 4.90 Å². The smallest absolute Gasteiger partial charge is 0.246 e. The van der Waals surface area contributed by atoms with E-state index in [1.807, 2.05) is 6.92 Å². The molecule has 1 aromatic rings. The van der Waals surface area contributed by atoms with Gasteiger partial charge in [0, 0.05) is 18.7 Å². The van der Waals surface area contributed by atoms with Gasteiger partial charge in [-0.15, -0.1) is 0 Å². The number of amides is 2. The molecule has 0 saturated carbocycles. The Bertz CT molecular complexity index is 538. The zero-order chi connectivity index (χ0) is 14.7. The van der Waals surface area contributed by atoms with Gasteiger partial charge in [-0.25, -0.2) is 0 Å². The number of carbonyl (C=O) groups excluding carboxylic acids is 2. The molecule has 1 aliphatic heterocycles. The number of hydrogen-bond acceptors (Lipinski definition) is 3. The lowest BCUT2D eigenvalue weighted by atomic mass is 9.93. The monoisotopic (exact) mass is 340 g/mol. The Morgan fingerprint density at radius 3 is 2.80 bits per heavy atom. The van der Waals surface area contributed by atoms with Crippen molar-refractivity contribution in [2.24, 2.45) is 11.7 Å². The Morgan fingerprint density at radius 2 is 2.20 bits per heavy atom. The van der Waals surface area contributed by atoms with Crippen LogP contribution in [0.4, 0.5) is 0 Å². The lowest BCUT2D eigenvalue weighted by Crippen LogP contribution is -2.48. The molecule has 1 aromatic heterocycles. The maximum Gasteiger partial charge on any atom is 0.246 e. The highest BCUT2D eigenvalue weighted by molar-refractivity contribution is 9.10. The predicted octanol–water partition coefficient (Wildman–Crippen LogP) is 2.17. The SMILES string of the molecule is C[C@@H]1CC[C@@H](C(N)=O)CN1C(=O)/C=C/c1ccc(Br)o1. The van der Waals surface area contributed by atoms with Crippen LogP contribution in [0.1, 0.15) is 25.5 Å². The number of hydrogen-bond donors (Lipinski definition) is 1. The van der Waals surface area contributed by atoms with E-state index in [0.29, 0.717) is 17.0 Å². The summed E-state index contributed by atoms with van der Waals surface area (Å²) < 4.78 is 5.91. The third kappa shape index (κ3) is 3.50. The number of likely N-dealkylation sites (tertiary alicyclic amines) is 1. The van der Waals surface area contributed by atoms with Crippen LogP contribution in [0.3, 0.4) is 0 Å². The number of furan rings is 1. The zero-order valence-electron chi connectivity index (χ0n) is 11.2. The molecule has 2 atom stereocenters. The topological polar surface area (TPSA) is 76.5 Å². The molecule has 1 saturated heterocycles. The quantitative estimate of drug-likeness (QED) is 0.856. The maximum atomic E-state index is 12.2. The average molecular weight is 341 g/mol. The molecular formula is C14H17BrN2O3. The second-order valence-electron chi connectivity index (χ2n) is 4.99. The van der Waals surface area contributed by atoms with E-state index in [-0.39, 0.29) is 23.8 Å². The summed E-state index contributed by atoms with van der Waals surface area (Å²) in [6.45, 7) is 2.37. The molecule has 1 fully saturated rings. The van der Waals surface area contributed by atoms with Gasteiger partial charge >= 0.3 is 0 Å². The third-order valence-corrected chi connectivity index (χ3v) is 3.98. The Kier molecular flexibility index (Phi) is 4.65. The lowest BCUT2D eigenvalue weighted by Gasteiger charge is -2.36. The number of rotatable bonds is 3. The minimum absolute atomic E-state index is 0.117. The van der Waals surface area contributed by atoms with Crippen LogP contribution in [-0.4, -0.2) is 29.3 Å². The highest BCUT2D eigenvalue weighted by atomic mass is 79.9. The molecule has 0 bridgehead atoms. The van der Waals surface area contributed by atoms with Crippen LogP contribution in [0, 0.1) is 5.92 Å². The van der Waals surface area contributed by atoms with E-state index in [0.717, 1.165) is 12.8 Å². The van der Waals surface area contributed by atoms with Crippen LogP contribution >= 0.6 is 15.9 Å². The van der Waals surface area contributed by atoms with Crippen molar-refractivity contribution in [1.29, 1.82) is 0 Å². The van der Waals surface area contributed by atoms with E-state index < -0.39 is 0 Å². The molecule has 20 heavy (non-hydrogen) atoms. The molecule has 0 spiro atoms. The second kappa shape index (κ2) is 6.26. The molecule has 0 aliphatic carbocycles. The van der Waals surface area contributed by atoms with Crippen LogP contribution < -0.4 is 5.73 Å².